The van der Waals surface area contributed by atoms with E-state index in [-0.39, 0.29) is 24.4 Å². The SMILES string of the molecule is CCCCC1CN(CC(=O)N2CCCC(C)C2)C(=O)c2cc(-c3ccc(C)cc3)nn21. The van der Waals surface area contributed by atoms with Crippen LogP contribution in [0.2, 0.25) is 0 Å². The first kappa shape index (κ1) is 21.6. The van der Waals surface area contributed by atoms with Crippen LogP contribution < -0.4 is 0 Å². The Bertz CT molecular complexity index is 933. The maximum atomic E-state index is 13.3. The van der Waals surface area contributed by atoms with E-state index in [4.69, 9.17) is 5.10 Å². The molecule has 1 aromatic heterocycles. The molecule has 0 spiro atoms. The predicted octanol–water partition coefficient (Wildman–Crippen LogP) is 4.30. The molecule has 3 heterocycles. The van der Waals surface area contributed by atoms with Crippen molar-refractivity contribution in [1.29, 1.82) is 0 Å². The molecule has 2 aliphatic heterocycles. The molecule has 166 valence electrons. The smallest absolute Gasteiger partial charge is 0.272 e. The lowest BCUT2D eigenvalue weighted by atomic mass is 10.0. The molecule has 1 aromatic carbocycles. The van der Waals surface area contributed by atoms with Crippen molar-refractivity contribution in [3.8, 4) is 11.3 Å². The van der Waals surface area contributed by atoms with Gasteiger partial charge in [-0.3, -0.25) is 14.3 Å². The number of carbonyl (C=O) groups is 2. The summed E-state index contributed by atoms with van der Waals surface area (Å²) in [6.07, 6.45) is 5.34. The van der Waals surface area contributed by atoms with Gasteiger partial charge in [0.2, 0.25) is 5.91 Å². The highest BCUT2D eigenvalue weighted by molar-refractivity contribution is 5.96. The largest absolute Gasteiger partial charge is 0.341 e. The number of hydrogen-bond donors (Lipinski definition) is 0. The number of aromatic nitrogens is 2. The number of unbranched alkanes of at least 4 members (excludes halogenated alkanes) is 1. The van der Waals surface area contributed by atoms with Gasteiger partial charge in [0.1, 0.15) is 12.2 Å². The molecule has 2 amide bonds. The van der Waals surface area contributed by atoms with Crippen LogP contribution in [0.3, 0.4) is 0 Å². The van der Waals surface area contributed by atoms with Gasteiger partial charge >= 0.3 is 0 Å². The molecule has 1 fully saturated rings. The van der Waals surface area contributed by atoms with E-state index in [1.807, 2.05) is 27.8 Å². The minimum Gasteiger partial charge on any atom is -0.341 e. The maximum absolute atomic E-state index is 13.3. The minimum atomic E-state index is -0.0861. The summed E-state index contributed by atoms with van der Waals surface area (Å²) in [5.74, 6) is 0.517. The van der Waals surface area contributed by atoms with Gasteiger partial charge < -0.3 is 9.80 Å². The van der Waals surface area contributed by atoms with Gasteiger partial charge in [0.05, 0.1) is 11.7 Å². The van der Waals surface area contributed by atoms with Crippen molar-refractivity contribution in [3.05, 3.63) is 41.6 Å². The third-order valence-electron chi connectivity index (χ3n) is 6.59. The summed E-state index contributed by atoms with van der Waals surface area (Å²) in [5.41, 5.74) is 3.63. The highest BCUT2D eigenvalue weighted by Crippen LogP contribution is 2.29. The van der Waals surface area contributed by atoms with Crippen molar-refractivity contribution >= 4 is 11.8 Å². The number of fused-ring (bicyclic) bond motifs is 1. The lowest BCUT2D eigenvalue weighted by molar-refractivity contribution is -0.133. The molecule has 0 bridgehead atoms. The normalized spacial score (nSPS) is 21.3. The van der Waals surface area contributed by atoms with Gasteiger partial charge in [0.25, 0.3) is 5.91 Å². The Balaban J connectivity index is 1.57. The topological polar surface area (TPSA) is 58.4 Å². The Labute approximate surface area is 185 Å². The number of benzene rings is 1. The summed E-state index contributed by atoms with van der Waals surface area (Å²) in [6, 6.07) is 10.2. The van der Waals surface area contributed by atoms with E-state index < -0.39 is 0 Å². The first-order valence-electron chi connectivity index (χ1n) is 11.7. The number of amides is 2. The number of likely N-dealkylation sites (tertiary alicyclic amines) is 1. The van der Waals surface area contributed by atoms with Gasteiger partial charge in [0, 0.05) is 25.2 Å². The molecule has 2 aliphatic rings. The van der Waals surface area contributed by atoms with Gasteiger partial charge in [-0.05, 0) is 38.2 Å². The Hall–Kier alpha value is -2.63. The highest BCUT2D eigenvalue weighted by atomic mass is 16.2. The van der Waals surface area contributed by atoms with Crippen molar-refractivity contribution in [2.24, 2.45) is 5.92 Å². The van der Waals surface area contributed by atoms with Gasteiger partial charge in [-0.15, -0.1) is 0 Å². The quantitative estimate of drug-likeness (QED) is 0.697. The highest BCUT2D eigenvalue weighted by Gasteiger charge is 2.35. The van der Waals surface area contributed by atoms with Crippen LogP contribution in [0.4, 0.5) is 0 Å². The van der Waals surface area contributed by atoms with Crippen molar-refractivity contribution in [2.75, 3.05) is 26.2 Å². The van der Waals surface area contributed by atoms with E-state index >= 15 is 0 Å². The number of aryl methyl sites for hydroxylation is 1. The Morgan fingerprint density at radius 1 is 1.19 bits per heavy atom. The lowest BCUT2D eigenvalue weighted by Crippen LogP contribution is -2.50. The number of piperidine rings is 1. The fraction of sp³-hybridized carbons (Fsp3) is 0.560. The van der Waals surface area contributed by atoms with Crippen molar-refractivity contribution in [3.63, 3.8) is 0 Å². The average Bonchev–Trinajstić information content (AvgIpc) is 3.21. The Morgan fingerprint density at radius 2 is 1.97 bits per heavy atom. The van der Waals surface area contributed by atoms with Crippen molar-refractivity contribution in [1.82, 2.24) is 19.6 Å². The molecule has 31 heavy (non-hydrogen) atoms. The molecular formula is C25H34N4O2. The fourth-order valence-electron chi connectivity index (χ4n) is 4.74. The van der Waals surface area contributed by atoms with Crippen LogP contribution in [-0.2, 0) is 4.79 Å². The minimum absolute atomic E-state index is 0.0702. The molecule has 2 aromatic rings. The molecule has 0 aliphatic carbocycles. The second-order valence-electron chi connectivity index (χ2n) is 9.29. The van der Waals surface area contributed by atoms with Crippen molar-refractivity contribution < 1.29 is 9.59 Å². The monoisotopic (exact) mass is 422 g/mol. The molecule has 6 heteroatoms. The summed E-state index contributed by atoms with van der Waals surface area (Å²) < 4.78 is 1.91. The Morgan fingerprint density at radius 3 is 2.68 bits per heavy atom. The Kier molecular flexibility index (Phi) is 6.44. The summed E-state index contributed by atoms with van der Waals surface area (Å²) in [4.78, 5) is 30.0. The van der Waals surface area contributed by atoms with Crippen LogP contribution in [0.15, 0.2) is 30.3 Å². The second kappa shape index (κ2) is 9.25. The maximum Gasteiger partial charge on any atom is 0.272 e. The average molecular weight is 423 g/mol. The van der Waals surface area contributed by atoms with E-state index in [1.165, 1.54) is 12.0 Å². The van der Waals surface area contributed by atoms with Crippen LogP contribution in [0.25, 0.3) is 11.3 Å². The molecule has 6 nitrogen and oxygen atoms in total. The number of rotatable bonds is 6. The van der Waals surface area contributed by atoms with E-state index in [9.17, 15) is 9.59 Å². The van der Waals surface area contributed by atoms with Crippen LogP contribution in [0.5, 0.6) is 0 Å². The van der Waals surface area contributed by atoms with E-state index in [0.717, 1.165) is 50.0 Å². The summed E-state index contributed by atoms with van der Waals surface area (Å²) in [6.45, 7) is 8.75. The van der Waals surface area contributed by atoms with Crippen LogP contribution in [-0.4, -0.2) is 57.6 Å². The molecule has 0 N–H and O–H groups in total. The van der Waals surface area contributed by atoms with E-state index in [0.29, 0.717) is 18.2 Å². The molecule has 0 radical (unpaired) electrons. The summed E-state index contributed by atoms with van der Waals surface area (Å²) in [5, 5.41) is 4.82. The number of carbonyl (C=O) groups excluding carboxylic acids is 2. The first-order chi connectivity index (χ1) is 15.0. The number of hydrogen-bond acceptors (Lipinski definition) is 3. The first-order valence-corrected chi connectivity index (χ1v) is 11.7. The fourth-order valence-corrected chi connectivity index (χ4v) is 4.74. The lowest BCUT2D eigenvalue weighted by Gasteiger charge is -2.36. The summed E-state index contributed by atoms with van der Waals surface area (Å²) >= 11 is 0. The third kappa shape index (κ3) is 4.68. The standard InChI is InChI=1S/C25H34N4O2/c1-4-5-8-21-16-28(17-24(30)27-13-6-7-19(3)15-27)25(31)23-14-22(26-29(21)23)20-11-9-18(2)10-12-20/h9-12,14,19,21H,4-8,13,15-17H2,1-3H3. The molecular weight excluding hydrogens is 388 g/mol. The van der Waals surface area contributed by atoms with Crippen LogP contribution >= 0.6 is 0 Å². The molecule has 2 unspecified atom stereocenters. The zero-order valence-electron chi connectivity index (χ0n) is 19.0. The number of nitrogens with zero attached hydrogens (tertiary/aromatic N) is 4. The molecule has 4 rings (SSSR count). The van der Waals surface area contributed by atoms with Gasteiger partial charge in [-0.25, -0.2) is 0 Å². The van der Waals surface area contributed by atoms with Gasteiger partial charge in [0.15, 0.2) is 0 Å². The van der Waals surface area contributed by atoms with E-state index in [1.54, 1.807) is 4.90 Å². The molecule has 1 saturated heterocycles. The predicted molar refractivity (Wildman–Crippen MR) is 122 cm³/mol. The van der Waals surface area contributed by atoms with Crippen LogP contribution in [0.1, 0.15) is 68.0 Å². The van der Waals surface area contributed by atoms with E-state index in [2.05, 4.69) is 32.9 Å². The summed E-state index contributed by atoms with van der Waals surface area (Å²) in [7, 11) is 0. The molecule has 2 atom stereocenters. The third-order valence-corrected chi connectivity index (χ3v) is 6.59. The zero-order valence-corrected chi connectivity index (χ0v) is 19.0. The van der Waals surface area contributed by atoms with Crippen LogP contribution in [0, 0.1) is 12.8 Å². The van der Waals surface area contributed by atoms with Gasteiger partial charge in [-0.2, -0.15) is 5.10 Å². The zero-order chi connectivity index (χ0) is 22.0. The van der Waals surface area contributed by atoms with Crippen molar-refractivity contribution in [2.45, 2.75) is 58.9 Å². The van der Waals surface area contributed by atoms with Gasteiger partial charge in [-0.1, -0.05) is 56.5 Å². The molecule has 0 saturated carbocycles. The second-order valence-corrected chi connectivity index (χ2v) is 9.29.